The average Bonchev–Trinajstić information content (AvgIpc) is 2.61. The third kappa shape index (κ3) is 1.97. The lowest BCUT2D eigenvalue weighted by atomic mass is 10.1. The molecule has 0 fully saturated rings. The highest BCUT2D eigenvalue weighted by molar-refractivity contribution is 9.08. The second-order valence-corrected chi connectivity index (χ2v) is 4.14. The molecule has 0 radical (unpaired) electrons. The molecule has 1 aromatic heterocycles. The van der Waals surface area contributed by atoms with E-state index in [9.17, 15) is 0 Å². The maximum atomic E-state index is 5.33. The fourth-order valence-corrected chi connectivity index (χ4v) is 1.99. The van der Waals surface area contributed by atoms with Crippen LogP contribution in [0.15, 0.2) is 28.8 Å². The molecule has 0 N–H and O–H groups in total. The fourth-order valence-electron chi connectivity index (χ4n) is 1.47. The summed E-state index contributed by atoms with van der Waals surface area (Å²) in [6.07, 6.45) is 0. The van der Waals surface area contributed by atoms with Crippen LogP contribution in [0.2, 0.25) is 0 Å². The number of benzene rings is 1. The summed E-state index contributed by atoms with van der Waals surface area (Å²) in [5.41, 5.74) is 4.40. The Hall–Kier alpha value is -1.09. The molecule has 0 aliphatic carbocycles. The predicted octanol–water partition coefficient (Wildman–Crippen LogP) is 3.85. The first kappa shape index (κ1) is 10.4. The van der Waals surface area contributed by atoms with Crippen molar-refractivity contribution in [3.8, 4) is 11.3 Å². The third-order valence-corrected chi connectivity index (χ3v) is 2.99. The number of aryl methyl sites for hydroxylation is 1. The molecule has 0 unspecified atom stereocenters. The van der Waals surface area contributed by atoms with Crippen LogP contribution in [0.4, 0.5) is 0 Å². The Kier molecular flexibility index (Phi) is 2.91. The molecule has 0 saturated carbocycles. The van der Waals surface area contributed by atoms with Crippen molar-refractivity contribution in [1.82, 2.24) is 5.16 Å². The number of alkyl halides is 1. The van der Waals surface area contributed by atoms with Crippen LogP contribution in [0.1, 0.15) is 16.8 Å². The summed E-state index contributed by atoms with van der Waals surface area (Å²) in [6, 6.07) is 8.26. The van der Waals surface area contributed by atoms with E-state index in [1.54, 1.807) is 0 Å². The molecular formula is C12H12BrNO. The highest BCUT2D eigenvalue weighted by Crippen LogP contribution is 2.26. The Bertz CT molecular complexity index is 459. The molecule has 0 bridgehead atoms. The minimum atomic E-state index is 0.730. The van der Waals surface area contributed by atoms with Gasteiger partial charge in [-0.25, -0.2) is 0 Å². The van der Waals surface area contributed by atoms with Crippen molar-refractivity contribution in [3.63, 3.8) is 0 Å². The molecule has 3 heteroatoms. The van der Waals surface area contributed by atoms with Crippen molar-refractivity contribution < 1.29 is 4.52 Å². The summed E-state index contributed by atoms with van der Waals surface area (Å²) in [5, 5.41) is 4.74. The summed E-state index contributed by atoms with van der Waals surface area (Å²) in [4.78, 5) is 0. The predicted molar refractivity (Wildman–Crippen MR) is 64.0 cm³/mol. The van der Waals surface area contributed by atoms with Crippen LogP contribution >= 0.6 is 15.9 Å². The standard InChI is InChI=1S/C12H12BrNO/c1-8-3-5-10(6-4-8)12-9(2)11(7-13)14-15-12/h3-6H,7H2,1-2H3. The average molecular weight is 266 g/mol. The second-order valence-electron chi connectivity index (χ2n) is 3.58. The van der Waals surface area contributed by atoms with Crippen LogP contribution in [0.5, 0.6) is 0 Å². The van der Waals surface area contributed by atoms with E-state index in [0.717, 1.165) is 27.9 Å². The van der Waals surface area contributed by atoms with Gasteiger partial charge in [-0.1, -0.05) is 50.9 Å². The van der Waals surface area contributed by atoms with E-state index < -0.39 is 0 Å². The number of nitrogens with zero attached hydrogens (tertiary/aromatic N) is 1. The minimum Gasteiger partial charge on any atom is -0.356 e. The fraction of sp³-hybridized carbons (Fsp3) is 0.250. The van der Waals surface area contributed by atoms with Crippen molar-refractivity contribution in [3.05, 3.63) is 41.1 Å². The Morgan fingerprint density at radius 2 is 1.87 bits per heavy atom. The van der Waals surface area contributed by atoms with E-state index in [2.05, 4.69) is 52.3 Å². The largest absolute Gasteiger partial charge is 0.356 e. The van der Waals surface area contributed by atoms with Gasteiger partial charge in [0.15, 0.2) is 5.76 Å². The number of hydrogen-bond donors (Lipinski definition) is 0. The van der Waals surface area contributed by atoms with Gasteiger partial charge in [0.1, 0.15) is 0 Å². The van der Waals surface area contributed by atoms with Crippen LogP contribution in [-0.2, 0) is 5.33 Å². The first-order valence-electron chi connectivity index (χ1n) is 4.80. The van der Waals surface area contributed by atoms with Gasteiger partial charge < -0.3 is 4.52 Å². The van der Waals surface area contributed by atoms with E-state index >= 15 is 0 Å². The van der Waals surface area contributed by atoms with Gasteiger partial charge in [0.25, 0.3) is 0 Å². The SMILES string of the molecule is Cc1ccc(-c2onc(CBr)c2C)cc1. The topological polar surface area (TPSA) is 26.0 Å². The monoisotopic (exact) mass is 265 g/mol. The lowest BCUT2D eigenvalue weighted by Gasteiger charge is -1.98. The maximum Gasteiger partial charge on any atom is 0.170 e. The van der Waals surface area contributed by atoms with Crippen LogP contribution in [0.25, 0.3) is 11.3 Å². The van der Waals surface area contributed by atoms with Crippen LogP contribution < -0.4 is 0 Å². The first-order valence-corrected chi connectivity index (χ1v) is 5.92. The molecule has 2 aromatic rings. The summed E-state index contributed by atoms with van der Waals surface area (Å²) in [5.74, 6) is 0.865. The molecule has 0 amide bonds. The molecule has 78 valence electrons. The van der Waals surface area contributed by atoms with E-state index in [-0.39, 0.29) is 0 Å². The summed E-state index contributed by atoms with van der Waals surface area (Å²) < 4.78 is 5.33. The zero-order valence-corrected chi connectivity index (χ0v) is 10.3. The zero-order chi connectivity index (χ0) is 10.8. The van der Waals surface area contributed by atoms with Gasteiger partial charge in [-0.05, 0) is 13.8 Å². The Morgan fingerprint density at radius 1 is 1.20 bits per heavy atom. The van der Waals surface area contributed by atoms with E-state index in [1.807, 2.05) is 6.92 Å². The number of hydrogen-bond acceptors (Lipinski definition) is 2. The minimum absolute atomic E-state index is 0.730. The molecule has 0 saturated heterocycles. The highest BCUT2D eigenvalue weighted by Gasteiger charge is 2.12. The van der Waals surface area contributed by atoms with Gasteiger partial charge in [-0.15, -0.1) is 0 Å². The van der Waals surface area contributed by atoms with Crippen molar-refractivity contribution in [2.24, 2.45) is 0 Å². The molecule has 1 heterocycles. The first-order chi connectivity index (χ1) is 7.22. The van der Waals surface area contributed by atoms with Crippen LogP contribution in [0, 0.1) is 13.8 Å². The number of rotatable bonds is 2. The quantitative estimate of drug-likeness (QED) is 0.771. The van der Waals surface area contributed by atoms with Crippen molar-refractivity contribution in [2.45, 2.75) is 19.2 Å². The van der Waals surface area contributed by atoms with Crippen molar-refractivity contribution >= 4 is 15.9 Å². The Morgan fingerprint density at radius 3 is 2.40 bits per heavy atom. The Labute approximate surface area is 97.4 Å². The Balaban J connectivity index is 2.45. The molecule has 2 rings (SSSR count). The molecule has 0 aliphatic rings. The van der Waals surface area contributed by atoms with Crippen molar-refractivity contribution in [2.75, 3.05) is 0 Å². The highest BCUT2D eigenvalue weighted by atomic mass is 79.9. The van der Waals surface area contributed by atoms with Gasteiger partial charge in [0.05, 0.1) is 5.69 Å². The molecule has 1 aromatic carbocycles. The lowest BCUT2D eigenvalue weighted by Crippen LogP contribution is -1.82. The molecule has 0 atom stereocenters. The van der Waals surface area contributed by atoms with E-state index in [1.165, 1.54) is 5.56 Å². The summed E-state index contributed by atoms with van der Waals surface area (Å²) >= 11 is 3.38. The molecule has 0 aliphatic heterocycles. The van der Waals surface area contributed by atoms with Crippen molar-refractivity contribution in [1.29, 1.82) is 0 Å². The second kappa shape index (κ2) is 4.19. The zero-order valence-electron chi connectivity index (χ0n) is 8.75. The van der Waals surface area contributed by atoms with E-state index in [4.69, 9.17) is 4.52 Å². The maximum absolute atomic E-state index is 5.33. The van der Waals surface area contributed by atoms with Gasteiger partial charge in [0.2, 0.25) is 0 Å². The molecular weight excluding hydrogens is 254 g/mol. The normalized spacial score (nSPS) is 10.6. The molecule has 2 nitrogen and oxygen atoms in total. The van der Waals surface area contributed by atoms with Gasteiger partial charge in [-0.3, -0.25) is 0 Å². The lowest BCUT2D eigenvalue weighted by molar-refractivity contribution is 0.426. The van der Waals surface area contributed by atoms with Gasteiger partial charge >= 0.3 is 0 Å². The third-order valence-electron chi connectivity index (χ3n) is 2.46. The number of aromatic nitrogens is 1. The number of halogens is 1. The van der Waals surface area contributed by atoms with Crippen LogP contribution in [0.3, 0.4) is 0 Å². The summed E-state index contributed by atoms with van der Waals surface area (Å²) in [6.45, 7) is 4.10. The van der Waals surface area contributed by atoms with E-state index in [0.29, 0.717) is 0 Å². The molecule has 0 spiro atoms. The van der Waals surface area contributed by atoms with Gasteiger partial charge in [-0.2, -0.15) is 0 Å². The molecule has 15 heavy (non-hydrogen) atoms. The van der Waals surface area contributed by atoms with Gasteiger partial charge in [0, 0.05) is 16.5 Å². The summed E-state index contributed by atoms with van der Waals surface area (Å²) in [7, 11) is 0. The smallest absolute Gasteiger partial charge is 0.170 e. The van der Waals surface area contributed by atoms with Crippen LogP contribution in [-0.4, -0.2) is 5.16 Å².